The van der Waals surface area contributed by atoms with Crippen molar-refractivity contribution in [1.29, 1.82) is 0 Å². The number of nitrogens with one attached hydrogen (secondary N) is 1. The zero-order chi connectivity index (χ0) is 14.9. The molecule has 1 N–H and O–H groups in total. The summed E-state index contributed by atoms with van der Waals surface area (Å²) < 4.78 is 2.11. The molecule has 0 amide bonds. The van der Waals surface area contributed by atoms with Crippen molar-refractivity contribution in [3.8, 4) is 0 Å². The average molecular weight is 288 g/mol. The van der Waals surface area contributed by atoms with E-state index in [1.165, 1.54) is 22.0 Å². The Morgan fingerprint density at radius 3 is 2.82 bits per heavy atom. The largest absolute Gasteiger partial charge is 0.361 e. The lowest BCUT2D eigenvalue weighted by atomic mass is 9.98. The molecule has 4 heteroatoms. The van der Waals surface area contributed by atoms with E-state index in [0.29, 0.717) is 0 Å². The highest BCUT2D eigenvalue weighted by Gasteiger charge is 2.20. The van der Waals surface area contributed by atoms with Gasteiger partial charge in [-0.2, -0.15) is 0 Å². The summed E-state index contributed by atoms with van der Waals surface area (Å²) in [4.78, 5) is 11.9. The van der Waals surface area contributed by atoms with Crippen molar-refractivity contribution in [2.45, 2.75) is 13.0 Å². The van der Waals surface area contributed by atoms with E-state index in [0.717, 1.165) is 5.56 Å². The monoisotopic (exact) mass is 288 g/mol. The van der Waals surface area contributed by atoms with Crippen LogP contribution in [0.3, 0.4) is 0 Å². The molecule has 4 aromatic rings. The Balaban J connectivity index is 1.96. The van der Waals surface area contributed by atoms with Gasteiger partial charge in [0.05, 0.1) is 12.4 Å². The molecule has 1 unspecified atom stereocenters. The quantitative estimate of drug-likeness (QED) is 0.624. The first-order chi connectivity index (χ1) is 10.8. The lowest BCUT2D eigenvalue weighted by molar-refractivity contribution is 0.678. The zero-order valence-corrected chi connectivity index (χ0v) is 12.3. The lowest BCUT2D eigenvalue weighted by Crippen LogP contribution is -2.10. The minimum atomic E-state index is 0.0618. The third kappa shape index (κ3) is 2.00. The van der Waals surface area contributed by atoms with Gasteiger partial charge in [0.1, 0.15) is 0 Å². The molecule has 4 rings (SSSR count). The third-order valence-corrected chi connectivity index (χ3v) is 4.07. The van der Waals surface area contributed by atoms with Gasteiger partial charge < -0.3 is 9.55 Å². The van der Waals surface area contributed by atoms with Crippen molar-refractivity contribution in [3.05, 3.63) is 84.3 Å². The van der Waals surface area contributed by atoms with E-state index in [9.17, 15) is 0 Å². The molecule has 22 heavy (non-hydrogen) atoms. The van der Waals surface area contributed by atoms with Crippen molar-refractivity contribution in [3.63, 3.8) is 0 Å². The summed E-state index contributed by atoms with van der Waals surface area (Å²) in [5, 5.41) is 1.24. The van der Waals surface area contributed by atoms with Gasteiger partial charge >= 0.3 is 0 Å². The molecule has 0 bridgehead atoms. The van der Waals surface area contributed by atoms with Crippen molar-refractivity contribution in [2.24, 2.45) is 0 Å². The number of pyridine rings is 1. The number of aromatic nitrogens is 4. The van der Waals surface area contributed by atoms with Crippen molar-refractivity contribution in [2.75, 3.05) is 0 Å². The number of imidazole rings is 1. The van der Waals surface area contributed by atoms with Gasteiger partial charge in [0, 0.05) is 47.5 Å². The lowest BCUT2D eigenvalue weighted by Gasteiger charge is -2.18. The van der Waals surface area contributed by atoms with Crippen LogP contribution in [0.4, 0.5) is 0 Å². The molecule has 0 saturated carbocycles. The van der Waals surface area contributed by atoms with E-state index in [2.05, 4.69) is 56.9 Å². The number of fused-ring (bicyclic) bond motifs is 1. The fourth-order valence-corrected chi connectivity index (χ4v) is 3.03. The Labute approximate surface area is 128 Å². The number of para-hydroxylation sites is 1. The molecule has 4 nitrogen and oxygen atoms in total. The van der Waals surface area contributed by atoms with Crippen LogP contribution in [-0.4, -0.2) is 19.5 Å². The van der Waals surface area contributed by atoms with Crippen LogP contribution in [0.25, 0.3) is 10.9 Å². The molecule has 0 radical (unpaired) electrons. The average Bonchev–Trinajstić information content (AvgIpc) is 3.20. The number of H-pyrrole nitrogens is 1. The van der Waals surface area contributed by atoms with Crippen LogP contribution in [0.15, 0.2) is 67.6 Å². The minimum Gasteiger partial charge on any atom is -0.361 e. The highest BCUT2D eigenvalue weighted by molar-refractivity contribution is 5.86. The van der Waals surface area contributed by atoms with Gasteiger partial charge in [-0.15, -0.1) is 0 Å². The van der Waals surface area contributed by atoms with Gasteiger partial charge in [0.25, 0.3) is 0 Å². The summed E-state index contributed by atoms with van der Waals surface area (Å²) in [5.41, 5.74) is 4.80. The van der Waals surface area contributed by atoms with Crippen LogP contribution in [0.1, 0.15) is 22.7 Å². The molecule has 0 aliphatic rings. The molecular weight excluding hydrogens is 272 g/mol. The first kappa shape index (κ1) is 12.8. The van der Waals surface area contributed by atoms with E-state index in [1.807, 2.05) is 31.0 Å². The molecule has 0 aliphatic carbocycles. The molecule has 108 valence electrons. The maximum atomic E-state index is 4.28. The van der Waals surface area contributed by atoms with Crippen LogP contribution >= 0.6 is 0 Å². The fraction of sp³-hybridized carbons (Fsp3) is 0.111. The van der Waals surface area contributed by atoms with Gasteiger partial charge in [0.2, 0.25) is 0 Å². The van der Waals surface area contributed by atoms with Crippen LogP contribution in [0, 0.1) is 6.92 Å². The Kier molecular flexibility index (Phi) is 3.00. The minimum absolute atomic E-state index is 0.0618. The number of rotatable bonds is 3. The molecule has 0 saturated heterocycles. The summed E-state index contributed by atoms with van der Waals surface area (Å²) in [5.74, 6) is 0. The molecule has 0 fully saturated rings. The Hall–Kier alpha value is -2.88. The highest BCUT2D eigenvalue weighted by atomic mass is 15.1. The Bertz CT molecular complexity index is 891. The number of aryl methyl sites for hydroxylation is 1. The zero-order valence-electron chi connectivity index (χ0n) is 12.3. The molecule has 0 spiro atoms. The predicted molar refractivity (Wildman–Crippen MR) is 86.7 cm³/mol. The second-order valence-electron chi connectivity index (χ2n) is 5.44. The molecule has 1 aromatic carbocycles. The van der Waals surface area contributed by atoms with Gasteiger partial charge in [-0.25, -0.2) is 4.98 Å². The Morgan fingerprint density at radius 2 is 2.05 bits per heavy atom. The standard InChI is InChI=1S/C18H16N4/c1-13-4-2-6-15-16(11-21-17(13)15)18(22-9-8-20-12-22)14-5-3-7-19-10-14/h2-12,18,21H,1H3. The van der Waals surface area contributed by atoms with Gasteiger partial charge in [-0.05, 0) is 24.1 Å². The molecule has 1 atom stereocenters. The number of hydrogen-bond acceptors (Lipinski definition) is 2. The maximum absolute atomic E-state index is 4.28. The predicted octanol–water partition coefficient (Wildman–Crippen LogP) is 3.71. The Morgan fingerprint density at radius 1 is 1.09 bits per heavy atom. The van der Waals surface area contributed by atoms with Crippen LogP contribution in [-0.2, 0) is 0 Å². The summed E-state index contributed by atoms with van der Waals surface area (Å²) >= 11 is 0. The van der Waals surface area contributed by atoms with Crippen LogP contribution < -0.4 is 0 Å². The second kappa shape index (κ2) is 5.15. The third-order valence-electron chi connectivity index (χ3n) is 4.07. The summed E-state index contributed by atoms with van der Waals surface area (Å²) in [6.45, 7) is 2.12. The first-order valence-electron chi connectivity index (χ1n) is 7.28. The van der Waals surface area contributed by atoms with Crippen molar-refractivity contribution < 1.29 is 0 Å². The van der Waals surface area contributed by atoms with E-state index < -0.39 is 0 Å². The SMILES string of the molecule is Cc1cccc2c(C(c3cccnc3)n3ccnc3)c[nH]c12. The fourth-order valence-electron chi connectivity index (χ4n) is 3.03. The number of benzene rings is 1. The van der Waals surface area contributed by atoms with E-state index >= 15 is 0 Å². The number of aromatic amines is 1. The molecule has 3 heterocycles. The van der Waals surface area contributed by atoms with E-state index in [-0.39, 0.29) is 6.04 Å². The smallest absolute Gasteiger partial charge is 0.0954 e. The van der Waals surface area contributed by atoms with Gasteiger partial charge in [0.15, 0.2) is 0 Å². The number of hydrogen-bond donors (Lipinski definition) is 1. The van der Waals surface area contributed by atoms with E-state index in [1.54, 1.807) is 6.20 Å². The van der Waals surface area contributed by atoms with Gasteiger partial charge in [-0.1, -0.05) is 24.3 Å². The van der Waals surface area contributed by atoms with E-state index in [4.69, 9.17) is 0 Å². The second-order valence-corrected chi connectivity index (χ2v) is 5.44. The first-order valence-corrected chi connectivity index (χ1v) is 7.28. The topological polar surface area (TPSA) is 46.5 Å². The normalized spacial score (nSPS) is 12.6. The van der Waals surface area contributed by atoms with Gasteiger partial charge in [-0.3, -0.25) is 4.98 Å². The summed E-state index contributed by atoms with van der Waals surface area (Å²) in [7, 11) is 0. The van der Waals surface area contributed by atoms with Crippen molar-refractivity contribution in [1.82, 2.24) is 19.5 Å². The molecule has 0 aliphatic heterocycles. The summed E-state index contributed by atoms with van der Waals surface area (Å²) in [6.07, 6.45) is 11.5. The van der Waals surface area contributed by atoms with Crippen molar-refractivity contribution >= 4 is 10.9 Å². The number of nitrogens with zero attached hydrogens (tertiary/aromatic N) is 3. The molecule has 3 aromatic heterocycles. The van der Waals surface area contributed by atoms with Crippen LogP contribution in [0.2, 0.25) is 0 Å². The van der Waals surface area contributed by atoms with Crippen LogP contribution in [0.5, 0.6) is 0 Å². The highest BCUT2D eigenvalue weighted by Crippen LogP contribution is 2.32. The summed E-state index contributed by atoms with van der Waals surface area (Å²) in [6, 6.07) is 10.5. The maximum Gasteiger partial charge on any atom is 0.0954 e. The molecular formula is C18H16N4.